The Morgan fingerprint density at radius 1 is 1.24 bits per heavy atom. The van der Waals surface area contributed by atoms with Gasteiger partial charge in [0.1, 0.15) is 0 Å². The molecule has 2 N–H and O–H groups in total. The van der Waals surface area contributed by atoms with Crippen molar-refractivity contribution in [3.05, 3.63) is 30.3 Å². The SMILES string of the molecule is Nc1ccc2c3c(cccc13)SN2CCCCl. The Labute approximate surface area is 110 Å². The first kappa shape index (κ1) is 11.1. The molecule has 0 aliphatic carbocycles. The number of alkyl halides is 1. The van der Waals surface area contributed by atoms with Crippen molar-refractivity contribution in [1.29, 1.82) is 0 Å². The Kier molecular flexibility index (Phi) is 2.81. The van der Waals surface area contributed by atoms with Crippen LogP contribution in [-0.2, 0) is 0 Å². The highest BCUT2D eigenvalue weighted by atomic mass is 35.5. The van der Waals surface area contributed by atoms with E-state index in [-0.39, 0.29) is 0 Å². The van der Waals surface area contributed by atoms with Crippen molar-refractivity contribution in [3.8, 4) is 0 Å². The van der Waals surface area contributed by atoms with Gasteiger partial charge in [-0.15, -0.1) is 11.6 Å². The van der Waals surface area contributed by atoms with Gasteiger partial charge < -0.3 is 10.0 Å². The van der Waals surface area contributed by atoms with E-state index in [9.17, 15) is 0 Å². The smallest absolute Gasteiger partial charge is 0.0565 e. The Morgan fingerprint density at radius 2 is 2.12 bits per heavy atom. The van der Waals surface area contributed by atoms with Crippen LogP contribution in [-0.4, -0.2) is 12.4 Å². The highest BCUT2D eigenvalue weighted by molar-refractivity contribution is 8.01. The molecule has 1 aliphatic rings. The lowest BCUT2D eigenvalue weighted by molar-refractivity contribution is 0.942. The zero-order valence-electron chi connectivity index (χ0n) is 9.32. The highest BCUT2D eigenvalue weighted by Crippen LogP contribution is 2.47. The van der Waals surface area contributed by atoms with E-state index >= 15 is 0 Å². The van der Waals surface area contributed by atoms with E-state index in [0.29, 0.717) is 5.88 Å². The molecule has 4 heteroatoms. The summed E-state index contributed by atoms with van der Waals surface area (Å²) in [6.45, 7) is 0.974. The molecule has 2 aromatic carbocycles. The topological polar surface area (TPSA) is 29.3 Å². The van der Waals surface area contributed by atoms with Gasteiger partial charge in [-0.2, -0.15) is 0 Å². The van der Waals surface area contributed by atoms with Crippen molar-refractivity contribution >= 4 is 45.7 Å². The molecule has 0 aromatic heterocycles. The normalized spacial score (nSPS) is 13.6. The lowest BCUT2D eigenvalue weighted by Gasteiger charge is -2.17. The average Bonchev–Trinajstić information content (AvgIpc) is 2.71. The molecule has 0 amide bonds. The van der Waals surface area contributed by atoms with Crippen molar-refractivity contribution in [2.45, 2.75) is 11.3 Å². The summed E-state index contributed by atoms with van der Waals surface area (Å²) in [5.41, 5.74) is 8.13. The van der Waals surface area contributed by atoms with Crippen molar-refractivity contribution in [3.63, 3.8) is 0 Å². The number of nitrogen functional groups attached to an aromatic ring is 1. The molecule has 2 aromatic rings. The molecular weight excluding hydrogens is 252 g/mol. The fourth-order valence-corrected chi connectivity index (χ4v) is 3.47. The van der Waals surface area contributed by atoms with Crippen LogP contribution in [0.4, 0.5) is 11.4 Å². The average molecular weight is 265 g/mol. The standard InChI is InChI=1S/C13H13ClN2S/c14-7-2-8-16-11-6-5-10(15)9-3-1-4-12(17-16)13(9)11/h1,3-6H,2,7-8,15H2. The second kappa shape index (κ2) is 4.31. The number of rotatable bonds is 3. The molecule has 0 saturated heterocycles. The largest absolute Gasteiger partial charge is 0.398 e. The molecule has 3 rings (SSSR count). The molecule has 88 valence electrons. The summed E-state index contributed by atoms with van der Waals surface area (Å²) in [7, 11) is 0. The maximum absolute atomic E-state index is 6.02. The van der Waals surface area contributed by atoms with Gasteiger partial charge in [0.05, 0.1) is 5.69 Å². The Morgan fingerprint density at radius 3 is 2.94 bits per heavy atom. The zero-order chi connectivity index (χ0) is 11.8. The van der Waals surface area contributed by atoms with E-state index in [4.69, 9.17) is 17.3 Å². The van der Waals surface area contributed by atoms with Crippen LogP contribution < -0.4 is 10.0 Å². The van der Waals surface area contributed by atoms with Crippen LogP contribution in [0, 0.1) is 0 Å². The summed E-state index contributed by atoms with van der Waals surface area (Å²) in [4.78, 5) is 1.29. The van der Waals surface area contributed by atoms with E-state index in [2.05, 4.69) is 28.6 Å². The van der Waals surface area contributed by atoms with Crippen molar-refractivity contribution in [2.24, 2.45) is 0 Å². The highest BCUT2D eigenvalue weighted by Gasteiger charge is 2.22. The number of hydrogen-bond donors (Lipinski definition) is 1. The Hall–Kier alpha value is -1.06. The molecular formula is C13H13ClN2S. The lowest BCUT2D eigenvalue weighted by Crippen LogP contribution is -2.13. The quantitative estimate of drug-likeness (QED) is 0.518. The molecule has 0 radical (unpaired) electrons. The number of anilines is 2. The van der Waals surface area contributed by atoms with E-state index in [1.54, 1.807) is 11.9 Å². The molecule has 17 heavy (non-hydrogen) atoms. The van der Waals surface area contributed by atoms with E-state index in [1.165, 1.54) is 16.0 Å². The molecule has 0 bridgehead atoms. The van der Waals surface area contributed by atoms with Crippen LogP contribution in [0.2, 0.25) is 0 Å². The van der Waals surface area contributed by atoms with Crippen LogP contribution >= 0.6 is 23.5 Å². The van der Waals surface area contributed by atoms with Gasteiger partial charge in [-0.3, -0.25) is 0 Å². The molecule has 0 atom stereocenters. The third-order valence-corrected chi connectivity index (χ3v) is 4.39. The van der Waals surface area contributed by atoms with Gasteiger partial charge in [0.15, 0.2) is 0 Å². The third kappa shape index (κ3) is 1.74. The lowest BCUT2D eigenvalue weighted by atomic mass is 10.1. The van der Waals surface area contributed by atoms with Crippen LogP contribution in [0.5, 0.6) is 0 Å². The summed E-state index contributed by atoms with van der Waals surface area (Å²) < 4.78 is 2.31. The Balaban J connectivity index is 2.12. The second-order valence-electron chi connectivity index (χ2n) is 4.09. The number of benzene rings is 2. The number of hydrogen-bond acceptors (Lipinski definition) is 3. The monoisotopic (exact) mass is 264 g/mol. The molecule has 2 nitrogen and oxygen atoms in total. The summed E-state index contributed by atoms with van der Waals surface area (Å²) in [5, 5.41) is 2.44. The first-order valence-corrected chi connectivity index (χ1v) is 6.95. The van der Waals surface area contributed by atoms with E-state index in [1.807, 2.05) is 6.07 Å². The van der Waals surface area contributed by atoms with Crippen molar-refractivity contribution in [2.75, 3.05) is 22.5 Å². The predicted octanol–water partition coefficient (Wildman–Crippen LogP) is 3.88. The maximum atomic E-state index is 6.02. The number of nitrogens with zero attached hydrogens (tertiary/aromatic N) is 1. The summed E-state index contributed by atoms with van der Waals surface area (Å²) in [6.07, 6.45) is 0.994. The second-order valence-corrected chi connectivity index (χ2v) is 5.53. The Bertz CT molecular complexity index is 571. The molecule has 0 fully saturated rings. The van der Waals surface area contributed by atoms with Crippen molar-refractivity contribution in [1.82, 2.24) is 0 Å². The van der Waals surface area contributed by atoms with Crippen LogP contribution in [0.15, 0.2) is 35.2 Å². The maximum Gasteiger partial charge on any atom is 0.0565 e. The fourth-order valence-electron chi connectivity index (χ4n) is 2.20. The van der Waals surface area contributed by atoms with Crippen molar-refractivity contribution < 1.29 is 0 Å². The molecule has 0 spiro atoms. The number of halogens is 1. The zero-order valence-corrected chi connectivity index (χ0v) is 10.9. The van der Waals surface area contributed by atoms with Gasteiger partial charge in [0, 0.05) is 33.8 Å². The summed E-state index contributed by atoms with van der Waals surface area (Å²) >= 11 is 7.55. The molecule has 0 unspecified atom stereocenters. The molecule has 1 heterocycles. The van der Waals surface area contributed by atoms with Gasteiger partial charge in [-0.1, -0.05) is 12.1 Å². The van der Waals surface area contributed by atoms with Gasteiger partial charge in [0.2, 0.25) is 0 Å². The van der Waals surface area contributed by atoms with Crippen LogP contribution in [0.25, 0.3) is 10.8 Å². The fraction of sp³-hybridized carbons (Fsp3) is 0.231. The first-order valence-electron chi connectivity index (χ1n) is 5.64. The van der Waals surface area contributed by atoms with Gasteiger partial charge in [-0.25, -0.2) is 0 Å². The minimum absolute atomic E-state index is 0.700. The minimum atomic E-state index is 0.700. The molecule has 1 aliphatic heterocycles. The van der Waals surface area contributed by atoms with Gasteiger partial charge in [-0.05, 0) is 36.6 Å². The predicted molar refractivity (Wildman–Crippen MR) is 76.9 cm³/mol. The van der Waals surface area contributed by atoms with E-state index in [0.717, 1.165) is 24.0 Å². The molecule has 0 saturated carbocycles. The van der Waals surface area contributed by atoms with Crippen LogP contribution in [0.3, 0.4) is 0 Å². The summed E-state index contributed by atoms with van der Waals surface area (Å²) in [5.74, 6) is 0.700. The van der Waals surface area contributed by atoms with Crippen LogP contribution in [0.1, 0.15) is 6.42 Å². The van der Waals surface area contributed by atoms with E-state index < -0.39 is 0 Å². The van der Waals surface area contributed by atoms with Gasteiger partial charge in [0.25, 0.3) is 0 Å². The van der Waals surface area contributed by atoms with Gasteiger partial charge >= 0.3 is 0 Å². The minimum Gasteiger partial charge on any atom is -0.398 e. The summed E-state index contributed by atoms with van der Waals surface area (Å²) in [6, 6.07) is 10.4. The number of nitrogens with two attached hydrogens (primary N) is 1. The first-order chi connectivity index (χ1) is 8.31. The third-order valence-electron chi connectivity index (χ3n) is 2.99.